The maximum Gasteiger partial charge on any atom is 0.419 e. The molecule has 0 saturated carbocycles. The normalized spacial score (nSPS) is 23.1. The molecule has 1 saturated heterocycles. The Bertz CT molecular complexity index is 791. The van der Waals surface area contributed by atoms with Crippen LogP contribution in [0.3, 0.4) is 0 Å². The fraction of sp³-hybridized carbons (Fsp3) is 0.880. The van der Waals surface area contributed by atoms with Crippen LogP contribution in [0.2, 0.25) is 0 Å². The molecule has 0 aromatic heterocycles. The van der Waals surface area contributed by atoms with Gasteiger partial charge in [-0.2, -0.15) is 0 Å². The van der Waals surface area contributed by atoms with Crippen molar-refractivity contribution in [3.63, 3.8) is 0 Å². The van der Waals surface area contributed by atoms with Gasteiger partial charge in [-0.25, -0.2) is 14.5 Å². The quantitative estimate of drug-likeness (QED) is 0.191. The van der Waals surface area contributed by atoms with Gasteiger partial charge in [0, 0.05) is 25.8 Å². The molecule has 36 heavy (non-hydrogen) atoms. The summed E-state index contributed by atoms with van der Waals surface area (Å²) in [5, 5.41) is 1.83. The zero-order chi connectivity index (χ0) is 28.0. The van der Waals surface area contributed by atoms with E-state index < -0.39 is 47.5 Å². The number of esters is 1. The van der Waals surface area contributed by atoms with Gasteiger partial charge in [-0.1, -0.05) is 0 Å². The first kappa shape index (κ1) is 32.4. The highest BCUT2D eigenvalue weighted by atomic mass is 31.2. The Morgan fingerprint density at radius 1 is 0.861 bits per heavy atom. The minimum absolute atomic E-state index is 0.0145. The highest BCUT2D eigenvalue weighted by Gasteiger charge is 2.57. The SMILES string of the molecule is CCOP1(=O)CCNCC1(CCCCN(C(=O)OC(C)(C)C)C(=O)OC(C)(C)C)C(=O)OC(C)(C)C. The number of amides is 2. The smallest absolute Gasteiger partial charge is 0.419 e. The average Bonchev–Trinajstić information content (AvgIpc) is 2.65. The van der Waals surface area contributed by atoms with Gasteiger partial charge in [-0.15, -0.1) is 0 Å². The predicted octanol–water partition coefficient (Wildman–Crippen LogP) is 5.33. The minimum atomic E-state index is -3.39. The van der Waals surface area contributed by atoms with E-state index in [1.165, 1.54) is 0 Å². The van der Waals surface area contributed by atoms with Crippen LogP contribution >= 0.6 is 7.37 Å². The number of unbranched alkanes of at least 4 members (excludes halogenated alkanes) is 1. The molecule has 1 heterocycles. The monoisotopic (exact) mass is 534 g/mol. The molecule has 0 aromatic rings. The molecular formula is C25H47N2O8P. The summed E-state index contributed by atoms with van der Waals surface area (Å²) in [5.41, 5.74) is -2.35. The van der Waals surface area contributed by atoms with Crippen LogP contribution in [0.4, 0.5) is 9.59 Å². The van der Waals surface area contributed by atoms with E-state index in [4.69, 9.17) is 18.7 Å². The van der Waals surface area contributed by atoms with E-state index in [0.717, 1.165) is 4.90 Å². The average molecular weight is 535 g/mol. The molecule has 10 nitrogen and oxygen atoms in total. The number of hydrogen-bond donors (Lipinski definition) is 1. The highest BCUT2D eigenvalue weighted by molar-refractivity contribution is 7.62. The van der Waals surface area contributed by atoms with Crippen molar-refractivity contribution in [2.75, 3.05) is 32.4 Å². The molecule has 0 aromatic carbocycles. The largest absolute Gasteiger partial charge is 0.459 e. The summed E-state index contributed by atoms with van der Waals surface area (Å²) in [5.74, 6) is -0.560. The summed E-state index contributed by atoms with van der Waals surface area (Å²) in [6.07, 6.45) is -0.448. The van der Waals surface area contributed by atoms with Crippen molar-refractivity contribution in [2.24, 2.45) is 0 Å². The van der Waals surface area contributed by atoms with E-state index in [0.29, 0.717) is 19.4 Å². The standard InChI is InChI=1S/C25H47N2O8P/c1-11-32-36(31)17-15-26-18-25(36,19(28)33-22(2,3)4)14-12-13-16-27(20(29)34-23(5,6)7)21(30)35-24(8,9)10/h26H,11-18H2,1-10H3. The number of hydrogen-bond acceptors (Lipinski definition) is 9. The zero-order valence-corrected chi connectivity index (χ0v) is 24.7. The van der Waals surface area contributed by atoms with E-state index in [1.54, 1.807) is 69.2 Å². The lowest BCUT2D eigenvalue weighted by Gasteiger charge is -2.42. The van der Waals surface area contributed by atoms with Crippen LogP contribution in [0, 0.1) is 0 Å². The Morgan fingerprint density at radius 2 is 1.36 bits per heavy atom. The number of carbonyl (C=O) groups excluding carboxylic acids is 3. The molecule has 1 aliphatic rings. The fourth-order valence-corrected chi connectivity index (χ4v) is 6.63. The summed E-state index contributed by atoms with van der Waals surface area (Å²) >= 11 is 0. The Kier molecular flexibility index (Phi) is 11.0. The number of nitrogens with one attached hydrogen (secondary N) is 1. The molecule has 0 spiro atoms. The van der Waals surface area contributed by atoms with Crippen molar-refractivity contribution < 1.29 is 37.7 Å². The first-order chi connectivity index (χ1) is 16.3. The number of imide groups is 1. The lowest BCUT2D eigenvalue weighted by molar-refractivity contribution is -0.159. The molecule has 2 atom stereocenters. The first-order valence-electron chi connectivity index (χ1n) is 12.7. The highest BCUT2D eigenvalue weighted by Crippen LogP contribution is 2.62. The van der Waals surface area contributed by atoms with Crippen molar-refractivity contribution in [1.82, 2.24) is 10.2 Å². The molecule has 11 heteroatoms. The Hall–Kier alpha value is -1.64. The Labute approximate surface area is 216 Å². The van der Waals surface area contributed by atoms with Crippen LogP contribution < -0.4 is 5.32 Å². The number of rotatable bonds is 8. The van der Waals surface area contributed by atoms with E-state index >= 15 is 0 Å². The maximum absolute atomic E-state index is 13.9. The molecular weight excluding hydrogens is 487 g/mol. The molecule has 1 fully saturated rings. The first-order valence-corrected chi connectivity index (χ1v) is 14.5. The van der Waals surface area contributed by atoms with Gasteiger partial charge in [0.2, 0.25) is 7.37 Å². The third-order valence-corrected chi connectivity index (χ3v) is 8.58. The molecule has 1 rings (SSSR count). The number of carbonyl (C=O) groups is 3. The topological polar surface area (TPSA) is 120 Å². The van der Waals surface area contributed by atoms with Crippen LogP contribution in [0.5, 0.6) is 0 Å². The van der Waals surface area contributed by atoms with Crippen LogP contribution in [-0.2, 0) is 28.1 Å². The molecule has 0 aliphatic carbocycles. The summed E-state index contributed by atoms with van der Waals surface area (Å²) in [6, 6.07) is 0. The third kappa shape index (κ3) is 9.67. The number of nitrogens with zero attached hydrogens (tertiary/aromatic N) is 1. The van der Waals surface area contributed by atoms with Crippen LogP contribution in [-0.4, -0.2) is 77.4 Å². The van der Waals surface area contributed by atoms with Gasteiger partial charge >= 0.3 is 18.2 Å². The summed E-state index contributed by atoms with van der Waals surface area (Å²) in [6.45, 7) is 18.2. The van der Waals surface area contributed by atoms with Crippen LogP contribution in [0.1, 0.15) is 88.5 Å². The maximum atomic E-state index is 13.9. The Balaban J connectivity index is 3.10. The lowest BCUT2D eigenvalue weighted by Crippen LogP contribution is -2.55. The van der Waals surface area contributed by atoms with Crippen molar-refractivity contribution in [3.05, 3.63) is 0 Å². The zero-order valence-electron chi connectivity index (χ0n) is 23.8. The van der Waals surface area contributed by atoms with E-state index in [2.05, 4.69) is 5.32 Å². The van der Waals surface area contributed by atoms with Gasteiger partial charge in [0.15, 0.2) is 5.16 Å². The van der Waals surface area contributed by atoms with E-state index in [1.807, 2.05) is 0 Å². The fourth-order valence-electron chi connectivity index (χ4n) is 3.78. The number of ether oxygens (including phenoxy) is 3. The van der Waals surface area contributed by atoms with Gasteiger partial charge < -0.3 is 24.1 Å². The summed E-state index contributed by atoms with van der Waals surface area (Å²) in [4.78, 5) is 39.8. The van der Waals surface area contributed by atoms with Crippen molar-refractivity contribution >= 4 is 25.5 Å². The molecule has 2 amide bonds. The molecule has 1 N–H and O–H groups in total. The van der Waals surface area contributed by atoms with Crippen LogP contribution in [0.25, 0.3) is 0 Å². The minimum Gasteiger partial charge on any atom is -0.459 e. The van der Waals surface area contributed by atoms with Crippen molar-refractivity contribution in [1.29, 1.82) is 0 Å². The van der Waals surface area contributed by atoms with Gasteiger partial charge in [0.05, 0.1) is 6.61 Å². The summed E-state index contributed by atoms with van der Waals surface area (Å²) in [7, 11) is -3.39. The van der Waals surface area contributed by atoms with Gasteiger partial charge in [-0.3, -0.25) is 9.36 Å². The Morgan fingerprint density at radius 3 is 1.81 bits per heavy atom. The molecule has 1 aliphatic heterocycles. The van der Waals surface area contributed by atoms with Crippen molar-refractivity contribution in [3.8, 4) is 0 Å². The molecule has 210 valence electrons. The van der Waals surface area contributed by atoms with E-state index in [9.17, 15) is 18.9 Å². The van der Waals surface area contributed by atoms with Gasteiger partial charge in [-0.05, 0) is 88.5 Å². The second kappa shape index (κ2) is 12.3. The second-order valence-electron chi connectivity index (χ2n) is 12.1. The van der Waals surface area contributed by atoms with Gasteiger partial charge in [0.1, 0.15) is 16.8 Å². The lowest BCUT2D eigenvalue weighted by atomic mass is 9.99. The second-order valence-corrected chi connectivity index (χ2v) is 15.0. The van der Waals surface area contributed by atoms with Gasteiger partial charge in [0.25, 0.3) is 0 Å². The van der Waals surface area contributed by atoms with Crippen molar-refractivity contribution in [2.45, 2.75) is 110 Å². The predicted molar refractivity (Wildman–Crippen MR) is 139 cm³/mol. The summed E-state index contributed by atoms with van der Waals surface area (Å²) < 4.78 is 36.2. The molecule has 0 bridgehead atoms. The van der Waals surface area contributed by atoms with E-state index in [-0.39, 0.29) is 32.3 Å². The molecule has 2 unspecified atom stereocenters. The molecule has 0 radical (unpaired) electrons. The third-order valence-electron chi connectivity index (χ3n) is 5.22. The van der Waals surface area contributed by atoms with Crippen LogP contribution in [0.15, 0.2) is 0 Å².